The minimum Gasteiger partial charge on any atom is -0.384 e. The Kier molecular flexibility index (Phi) is 6.97. The second kappa shape index (κ2) is 9.45. The summed E-state index contributed by atoms with van der Waals surface area (Å²) in [4.78, 5) is 26.5. The molecule has 12 heteroatoms. The predicted octanol–water partition coefficient (Wildman–Crippen LogP) is 4.91. The van der Waals surface area contributed by atoms with E-state index in [2.05, 4.69) is 20.1 Å². The number of pyridine rings is 1. The van der Waals surface area contributed by atoms with Gasteiger partial charge in [0.15, 0.2) is 0 Å². The number of halogens is 3. The third-order valence-electron chi connectivity index (χ3n) is 5.54. The Balaban J connectivity index is 0.00000171. The zero-order valence-corrected chi connectivity index (χ0v) is 18.8. The quantitative estimate of drug-likeness (QED) is 0.413. The van der Waals surface area contributed by atoms with Crippen LogP contribution in [-0.2, 0) is 6.18 Å². The first-order valence-electron chi connectivity index (χ1n) is 10.1. The SMILES string of the molecule is C.C[C@H]1CN(c2ccc(C(F)(F)F)cc2)C(=O)c2c(-c3cnc(-c4ccc(N)nc4)[nH]3)cnn21.S. The van der Waals surface area contributed by atoms with Crippen LogP contribution in [0.25, 0.3) is 22.6 Å². The summed E-state index contributed by atoms with van der Waals surface area (Å²) in [6, 6.07) is 7.81. The minimum atomic E-state index is -4.44. The maximum absolute atomic E-state index is 13.4. The van der Waals surface area contributed by atoms with Crippen LogP contribution in [0, 0.1) is 0 Å². The highest BCUT2D eigenvalue weighted by Crippen LogP contribution is 2.35. The van der Waals surface area contributed by atoms with Crippen LogP contribution in [0.2, 0.25) is 0 Å². The molecule has 0 aliphatic carbocycles. The number of aromatic nitrogens is 5. The maximum Gasteiger partial charge on any atom is 0.416 e. The van der Waals surface area contributed by atoms with Crippen LogP contribution >= 0.6 is 13.5 Å². The number of imidazole rings is 1. The van der Waals surface area contributed by atoms with Crippen LogP contribution in [0.5, 0.6) is 0 Å². The van der Waals surface area contributed by atoms with Crippen molar-refractivity contribution < 1.29 is 18.0 Å². The summed E-state index contributed by atoms with van der Waals surface area (Å²) in [6.07, 6.45) is 0.323. The number of anilines is 2. The van der Waals surface area contributed by atoms with Crippen molar-refractivity contribution in [1.82, 2.24) is 24.7 Å². The van der Waals surface area contributed by atoms with Gasteiger partial charge < -0.3 is 15.6 Å². The molecule has 4 heterocycles. The smallest absolute Gasteiger partial charge is 0.384 e. The summed E-state index contributed by atoms with van der Waals surface area (Å²) in [5.74, 6) is 0.582. The van der Waals surface area contributed by atoms with E-state index in [4.69, 9.17) is 5.73 Å². The van der Waals surface area contributed by atoms with Crippen LogP contribution in [0.4, 0.5) is 24.7 Å². The van der Waals surface area contributed by atoms with Gasteiger partial charge in [-0.25, -0.2) is 9.97 Å². The van der Waals surface area contributed by atoms with E-state index in [0.29, 0.717) is 34.3 Å². The second-order valence-corrected chi connectivity index (χ2v) is 7.78. The van der Waals surface area contributed by atoms with E-state index in [0.717, 1.165) is 17.7 Å². The Hall–Kier alpha value is -3.80. The van der Waals surface area contributed by atoms with Crippen molar-refractivity contribution in [2.24, 2.45) is 0 Å². The van der Waals surface area contributed by atoms with Gasteiger partial charge in [0.1, 0.15) is 17.3 Å². The third kappa shape index (κ3) is 4.61. The molecule has 0 fully saturated rings. The number of carbonyl (C=O) groups excluding carboxylic acids is 1. The number of nitrogens with zero attached hydrogens (tertiary/aromatic N) is 5. The lowest BCUT2D eigenvalue weighted by atomic mass is 10.1. The number of nitrogen functional groups attached to an aromatic ring is 1. The summed E-state index contributed by atoms with van der Waals surface area (Å²) in [7, 11) is 0. The summed E-state index contributed by atoms with van der Waals surface area (Å²) in [5, 5.41) is 4.38. The van der Waals surface area contributed by atoms with Crippen molar-refractivity contribution in [3.63, 3.8) is 0 Å². The van der Waals surface area contributed by atoms with Crippen molar-refractivity contribution in [3.05, 3.63) is 66.2 Å². The van der Waals surface area contributed by atoms with Crippen molar-refractivity contribution in [2.45, 2.75) is 26.6 Å². The number of fused-ring (bicyclic) bond motifs is 1. The fourth-order valence-corrected chi connectivity index (χ4v) is 3.86. The predicted molar refractivity (Wildman–Crippen MR) is 132 cm³/mol. The van der Waals surface area contributed by atoms with Crippen LogP contribution in [0.15, 0.2) is 55.0 Å². The fourth-order valence-electron chi connectivity index (χ4n) is 3.86. The van der Waals surface area contributed by atoms with Crippen LogP contribution < -0.4 is 10.6 Å². The van der Waals surface area contributed by atoms with Gasteiger partial charge in [0, 0.05) is 24.0 Å². The lowest BCUT2D eigenvalue weighted by Crippen LogP contribution is -2.42. The van der Waals surface area contributed by atoms with Gasteiger partial charge in [-0.2, -0.15) is 31.8 Å². The molecule has 35 heavy (non-hydrogen) atoms. The molecule has 0 saturated carbocycles. The Morgan fingerprint density at radius 3 is 2.40 bits per heavy atom. The third-order valence-corrected chi connectivity index (χ3v) is 5.54. The number of rotatable bonds is 3. The number of carbonyl (C=O) groups is 1. The van der Waals surface area contributed by atoms with Crippen LogP contribution in [0.3, 0.4) is 0 Å². The van der Waals surface area contributed by atoms with Crippen molar-refractivity contribution in [3.8, 4) is 22.6 Å². The number of amides is 1. The van der Waals surface area contributed by atoms with E-state index in [1.165, 1.54) is 17.0 Å². The van der Waals surface area contributed by atoms with Gasteiger partial charge in [0.25, 0.3) is 5.91 Å². The normalized spacial score (nSPS) is 15.3. The molecule has 1 aliphatic rings. The molecule has 184 valence electrons. The Labute approximate surface area is 206 Å². The van der Waals surface area contributed by atoms with E-state index in [9.17, 15) is 18.0 Å². The zero-order valence-electron chi connectivity index (χ0n) is 17.8. The standard InChI is InChI=1S/C22H18F3N7O.CH4.H2S/c1-12-11-31(15-5-3-14(4-6-15)22(23,24)25)21(33)19-16(9-29-32(12)19)17-10-28-20(30-17)13-2-7-18(26)27-8-13;;/h2-10,12H,11H2,1H3,(H2,26,27)(H,28,30);1H4;1H2/t12-;;/m0../s1. The first-order chi connectivity index (χ1) is 15.7. The first-order valence-corrected chi connectivity index (χ1v) is 10.1. The summed E-state index contributed by atoms with van der Waals surface area (Å²) in [5.41, 5.74) is 7.44. The molecule has 0 radical (unpaired) electrons. The summed E-state index contributed by atoms with van der Waals surface area (Å²) in [6.45, 7) is 2.17. The number of hydrogen-bond donors (Lipinski definition) is 2. The molecule has 1 atom stereocenters. The number of nitrogens with two attached hydrogens (primary N) is 1. The topological polar surface area (TPSA) is 106 Å². The van der Waals surface area contributed by atoms with Gasteiger partial charge in [-0.3, -0.25) is 9.48 Å². The van der Waals surface area contributed by atoms with E-state index >= 15 is 0 Å². The molecule has 5 rings (SSSR count). The van der Waals surface area contributed by atoms with Crippen LogP contribution in [-0.4, -0.2) is 37.2 Å². The fraction of sp³-hybridized carbons (Fsp3) is 0.217. The van der Waals surface area contributed by atoms with E-state index < -0.39 is 11.7 Å². The summed E-state index contributed by atoms with van der Waals surface area (Å²) >= 11 is 0. The molecule has 3 N–H and O–H groups in total. The van der Waals surface area contributed by atoms with E-state index in [-0.39, 0.29) is 39.4 Å². The molecule has 1 amide bonds. The van der Waals surface area contributed by atoms with Crippen LogP contribution in [0.1, 0.15) is 36.4 Å². The molecular formula is C23H24F3N7OS. The zero-order chi connectivity index (χ0) is 23.3. The highest BCUT2D eigenvalue weighted by Gasteiger charge is 2.35. The van der Waals surface area contributed by atoms with Crippen molar-refractivity contribution in [1.29, 1.82) is 0 Å². The van der Waals surface area contributed by atoms with Crippen molar-refractivity contribution in [2.75, 3.05) is 17.2 Å². The molecular weight excluding hydrogens is 479 g/mol. The highest BCUT2D eigenvalue weighted by atomic mass is 32.1. The highest BCUT2D eigenvalue weighted by molar-refractivity contribution is 7.59. The molecule has 0 saturated heterocycles. The van der Waals surface area contributed by atoms with Gasteiger partial charge in [-0.05, 0) is 43.3 Å². The molecule has 0 unspecified atom stereocenters. The molecule has 3 aromatic heterocycles. The second-order valence-electron chi connectivity index (χ2n) is 7.78. The molecule has 1 aliphatic heterocycles. The van der Waals surface area contributed by atoms with Gasteiger partial charge in [0.2, 0.25) is 0 Å². The van der Waals surface area contributed by atoms with Gasteiger partial charge >= 0.3 is 6.18 Å². The Bertz CT molecular complexity index is 1330. The van der Waals surface area contributed by atoms with Gasteiger partial charge in [0.05, 0.1) is 35.3 Å². The number of alkyl halides is 3. The summed E-state index contributed by atoms with van der Waals surface area (Å²) < 4.78 is 40.4. The number of hydrogen-bond acceptors (Lipinski definition) is 5. The monoisotopic (exact) mass is 503 g/mol. The average molecular weight is 504 g/mol. The molecule has 0 spiro atoms. The largest absolute Gasteiger partial charge is 0.416 e. The average Bonchev–Trinajstić information content (AvgIpc) is 3.44. The number of H-pyrrole nitrogens is 1. The number of aromatic amines is 1. The van der Waals surface area contributed by atoms with Crippen molar-refractivity contribution >= 4 is 30.9 Å². The molecule has 8 nitrogen and oxygen atoms in total. The maximum atomic E-state index is 13.4. The van der Waals surface area contributed by atoms with Gasteiger partial charge in [-0.15, -0.1) is 0 Å². The van der Waals surface area contributed by atoms with Gasteiger partial charge in [-0.1, -0.05) is 7.43 Å². The molecule has 4 aromatic rings. The number of benzene rings is 1. The van der Waals surface area contributed by atoms with E-state index in [1.807, 2.05) is 6.92 Å². The molecule has 1 aromatic carbocycles. The Morgan fingerprint density at radius 1 is 1.06 bits per heavy atom. The number of nitrogens with one attached hydrogen (secondary N) is 1. The lowest BCUT2D eigenvalue weighted by molar-refractivity contribution is -0.137. The minimum absolute atomic E-state index is 0. The first kappa shape index (κ1) is 25.8. The lowest BCUT2D eigenvalue weighted by Gasteiger charge is -2.32. The van der Waals surface area contributed by atoms with E-state index in [1.54, 1.807) is 35.4 Å². The molecule has 0 bridgehead atoms. The Morgan fingerprint density at radius 2 is 1.77 bits per heavy atom.